The molecule has 96 valence electrons. The van der Waals surface area contributed by atoms with Crippen molar-refractivity contribution >= 4 is 27.4 Å². The summed E-state index contributed by atoms with van der Waals surface area (Å²) < 4.78 is 36.7. The van der Waals surface area contributed by atoms with Crippen molar-refractivity contribution in [2.24, 2.45) is 0 Å². The number of ether oxygens (including phenoxy) is 1. The molecule has 0 N–H and O–H groups in total. The van der Waals surface area contributed by atoms with Crippen molar-refractivity contribution in [2.75, 3.05) is 6.61 Å². The third-order valence-electron chi connectivity index (χ3n) is 2.01. The summed E-state index contributed by atoms with van der Waals surface area (Å²) in [5, 5.41) is 0. The summed E-state index contributed by atoms with van der Waals surface area (Å²) in [7, 11) is -4.33. The van der Waals surface area contributed by atoms with Crippen LogP contribution in [0.1, 0.15) is 24.6 Å². The summed E-state index contributed by atoms with van der Waals surface area (Å²) in [5.74, 6) is -0.305. The van der Waals surface area contributed by atoms with Crippen LogP contribution in [0.4, 0.5) is 0 Å². The van der Waals surface area contributed by atoms with Crippen molar-refractivity contribution in [1.29, 1.82) is 0 Å². The molecule has 5 nitrogen and oxygen atoms in total. The van der Waals surface area contributed by atoms with Crippen molar-refractivity contribution in [3.05, 3.63) is 17.0 Å². The van der Waals surface area contributed by atoms with Gasteiger partial charge in [-0.1, -0.05) is 0 Å². The number of hydrogen-bond donors (Lipinski definition) is 0. The van der Waals surface area contributed by atoms with Gasteiger partial charge in [-0.05, 0) is 31.4 Å². The summed E-state index contributed by atoms with van der Waals surface area (Å²) in [6.45, 7) is 1.72. The van der Waals surface area contributed by atoms with Crippen LogP contribution in [-0.2, 0) is 26.1 Å². The van der Waals surface area contributed by atoms with E-state index in [4.69, 9.17) is 4.74 Å². The number of esters is 1. The Labute approximate surface area is 153 Å². The SMILES string of the molecule is CC(=O)OCCCCc1ccc(S(=O)(=O)[O-])s1.[K+]. The molecule has 0 saturated heterocycles. The maximum atomic E-state index is 10.7. The van der Waals surface area contributed by atoms with Crippen LogP contribution in [0.5, 0.6) is 0 Å². The van der Waals surface area contributed by atoms with Crippen LogP contribution in [0.15, 0.2) is 16.3 Å². The molecule has 1 aromatic rings. The van der Waals surface area contributed by atoms with E-state index in [0.29, 0.717) is 13.0 Å². The molecule has 0 fully saturated rings. The van der Waals surface area contributed by atoms with E-state index in [0.717, 1.165) is 29.1 Å². The fraction of sp³-hybridized carbons (Fsp3) is 0.500. The number of unbranched alkanes of at least 4 members (excludes halogenated alkanes) is 1. The quantitative estimate of drug-likeness (QED) is 0.277. The Bertz CT molecular complexity index is 480. The summed E-state index contributed by atoms with van der Waals surface area (Å²) in [5.41, 5.74) is 0. The number of carbonyl (C=O) groups is 1. The van der Waals surface area contributed by atoms with E-state index in [1.807, 2.05) is 0 Å². The van der Waals surface area contributed by atoms with Crippen molar-refractivity contribution in [3.8, 4) is 0 Å². The van der Waals surface area contributed by atoms with E-state index in [2.05, 4.69) is 0 Å². The number of aryl methyl sites for hydroxylation is 1. The summed E-state index contributed by atoms with van der Waals surface area (Å²) in [4.78, 5) is 11.3. The minimum Gasteiger partial charge on any atom is -0.743 e. The van der Waals surface area contributed by atoms with Gasteiger partial charge in [-0.3, -0.25) is 4.79 Å². The smallest absolute Gasteiger partial charge is 0.743 e. The Kier molecular flexibility index (Phi) is 9.15. The Morgan fingerprint density at radius 2 is 2.06 bits per heavy atom. The first-order valence-corrected chi connectivity index (χ1v) is 7.30. The number of carbonyl (C=O) groups excluding carboxylic acids is 1. The first-order valence-electron chi connectivity index (χ1n) is 5.07. The molecule has 0 aromatic carbocycles. The average Bonchev–Trinajstić information content (AvgIpc) is 2.64. The van der Waals surface area contributed by atoms with Crippen LogP contribution >= 0.6 is 11.3 Å². The zero-order chi connectivity index (χ0) is 12.9. The number of thiophene rings is 1. The maximum absolute atomic E-state index is 10.7. The first kappa shape index (κ1) is 18.7. The molecule has 0 aliphatic heterocycles. The number of rotatable bonds is 6. The first-order chi connectivity index (χ1) is 7.89. The van der Waals surface area contributed by atoms with E-state index < -0.39 is 10.1 Å². The predicted molar refractivity (Wildman–Crippen MR) is 61.9 cm³/mol. The molecule has 18 heavy (non-hydrogen) atoms. The van der Waals surface area contributed by atoms with Gasteiger partial charge >= 0.3 is 57.4 Å². The van der Waals surface area contributed by atoms with Crippen molar-refractivity contribution < 1.29 is 73.9 Å². The summed E-state index contributed by atoms with van der Waals surface area (Å²) in [6.07, 6.45) is 2.19. The van der Waals surface area contributed by atoms with Crippen molar-refractivity contribution in [2.45, 2.75) is 30.4 Å². The molecule has 0 aliphatic carbocycles. The monoisotopic (exact) mass is 316 g/mol. The molecule has 0 amide bonds. The van der Waals surface area contributed by atoms with Gasteiger partial charge in [0.05, 0.1) is 6.61 Å². The van der Waals surface area contributed by atoms with Gasteiger partial charge in [0.2, 0.25) is 0 Å². The fourth-order valence-electron chi connectivity index (χ4n) is 1.24. The molecular formula is C10H13KO5S2. The average molecular weight is 316 g/mol. The Hall–Kier alpha value is 0.716. The molecule has 0 atom stereocenters. The molecular weight excluding hydrogens is 303 g/mol. The largest absolute Gasteiger partial charge is 1.00 e. The molecule has 1 rings (SSSR count). The standard InChI is InChI=1S/C10H14O5S2.K/c1-8(11)15-7-3-2-4-9-5-6-10(16-9)17(12,13)14;/h5-6H,2-4,7H2,1H3,(H,12,13,14);/q;+1/p-1. The van der Waals surface area contributed by atoms with Crippen LogP contribution in [-0.4, -0.2) is 25.5 Å². The second-order valence-electron chi connectivity index (χ2n) is 3.47. The van der Waals surface area contributed by atoms with Gasteiger partial charge in [0.1, 0.15) is 14.3 Å². The van der Waals surface area contributed by atoms with Gasteiger partial charge < -0.3 is 9.29 Å². The summed E-state index contributed by atoms with van der Waals surface area (Å²) in [6, 6.07) is 2.97. The van der Waals surface area contributed by atoms with E-state index in [9.17, 15) is 17.8 Å². The second kappa shape index (κ2) is 8.80. The molecule has 0 aliphatic rings. The van der Waals surface area contributed by atoms with Crippen LogP contribution in [0.3, 0.4) is 0 Å². The van der Waals surface area contributed by atoms with Crippen LogP contribution in [0, 0.1) is 0 Å². The Morgan fingerprint density at radius 1 is 1.39 bits per heavy atom. The van der Waals surface area contributed by atoms with Gasteiger partial charge in [0, 0.05) is 11.8 Å². The normalized spacial score (nSPS) is 10.8. The molecule has 0 saturated carbocycles. The van der Waals surface area contributed by atoms with Gasteiger partial charge in [-0.2, -0.15) is 0 Å². The minimum atomic E-state index is -4.33. The zero-order valence-corrected chi connectivity index (χ0v) is 15.1. The van der Waals surface area contributed by atoms with Gasteiger partial charge in [-0.15, -0.1) is 11.3 Å². The Morgan fingerprint density at radius 3 is 2.56 bits per heavy atom. The molecule has 0 unspecified atom stereocenters. The van der Waals surface area contributed by atoms with Crippen molar-refractivity contribution in [3.63, 3.8) is 0 Å². The third kappa shape index (κ3) is 7.34. The molecule has 1 heterocycles. The van der Waals surface area contributed by atoms with E-state index in [1.165, 1.54) is 13.0 Å². The van der Waals surface area contributed by atoms with Crippen LogP contribution in [0.2, 0.25) is 0 Å². The van der Waals surface area contributed by atoms with E-state index >= 15 is 0 Å². The molecule has 8 heteroatoms. The van der Waals surface area contributed by atoms with Crippen LogP contribution in [0.25, 0.3) is 0 Å². The second-order valence-corrected chi connectivity index (χ2v) is 6.25. The van der Waals surface area contributed by atoms with Gasteiger partial charge in [0.15, 0.2) is 0 Å². The maximum Gasteiger partial charge on any atom is 1.00 e. The van der Waals surface area contributed by atoms with E-state index in [-0.39, 0.29) is 61.6 Å². The number of hydrogen-bond acceptors (Lipinski definition) is 6. The molecule has 0 bridgehead atoms. The van der Waals surface area contributed by atoms with Gasteiger partial charge in [-0.25, -0.2) is 8.42 Å². The zero-order valence-electron chi connectivity index (χ0n) is 10.3. The molecule has 1 aromatic heterocycles. The molecule has 0 spiro atoms. The molecule has 0 radical (unpaired) electrons. The topological polar surface area (TPSA) is 83.5 Å². The van der Waals surface area contributed by atoms with E-state index in [1.54, 1.807) is 6.07 Å². The third-order valence-corrected chi connectivity index (χ3v) is 4.44. The van der Waals surface area contributed by atoms with Crippen LogP contribution < -0.4 is 51.4 Å². The minimum absolute atomic E-state index is 0. The van der Waals surface area contributed by atoms with Gasteiger partial charge in [0.25, 0.3) is 0 Å². The Balaban J connectivity index is 0.00000289. The van der Waals surface area contributed by atoms with Crippen molar-refractivity contribution in [1.82, 2.24) is 0 Å². The fourth-order valence-corrected chi connectivity index (χ4v) is 2.99. The predicted octanol–water partition coefficient (Wildman–Crippen LogP) is -1.46. The summed E-state index contributed by atoms with van der Waals surface area (Å²) >= 11 is 0.996.